The Labute approximate surface area is 183 Å². The van der Waals surface area contributed by atoms with Crippen molar-refractivity contribution in [3.63, 3.8) is 0 Å². The number of nitrogens with zero attached hydrogens (tertiary/aromatic N) is 3. The van der Waals surface area contributed by atoms with Crippen LogP contribution in [-0.4, -0.2) is 39.6 Å². The van der Waals surface area contributed by atoms with Crippen molar-refractivity contribution in [3.8, 4) is 22.8 Å². The summed E-state index contributed by atoms with van der Waals surface area (Å²) >= 11 is 4.84. The summed E-state index contributed by atoms with van der Waals surface area (Å²) in [5.41, 5.74) is 1.85. The van der Waals surface area contributed by atoms with Crippen molar-refractivity contribution in [2.24, 2.45) is 0 Å². The van der Waals surface area contributed by atoms with Gasteiger partial charge in [0.2, 0.25) is 5.91 Å². The summed E-state index contributed by atoms with van der Waals surface area (Å²) in [4.78, 5) is 12.0. The molecular weight excluding hydrogens is 452 g/mol. The molecule has 0 aliphatic heterocycles. The third-order valence-corrected chi connectivity index (χ3v) is 5.50. The topological polar surface area (TPSA) is 69.0 Å². The number of rotatable bonds is 9. The Morgan fingerprint density at radius 2 is 1.83 bits per heavy atom. The standard InChI is InChI=1S/C21H23BrN4O2S/c1-3-13-23-19(27)14-29-21-25-24-20(15-5-7-16(22)8-6-15)26(21)17-9-11-18(12-10-17)28-4-2/h5-12H,3-4,13-14H2,1-2H3,(H,23,27). The number of aromatic nitrogens is 3. The number of ether oxygens (including phenoxy) is 1. The highest BCUT2D eigenvalue weighted by Crippen LogP contribution is 2.29. The fourth-order valence-corrected chi connectivity index (χ4v) is 3.73. The van der Waals surface area contributed by atoms with Crippen molar-refractivity contribution < 1.29 is 9.53 Å². The maximum Gasteiger partial charge on any atom is 0.230 e. The summed E-state index contributed by atoms with van der Waals surface area (Å²) in [5, 5.41) is 12.3. The van der Waals surface area contributed by atoms with Crippen molar-refractivity contribution in [2.45, 2.75) is 25.4 Å². The molecule has 0 aliphatic carbocycles. The minimum atomic E-state index is -0.0108. The minimum absolute atomic E-state index is 0.0108. The van der Waals surface area contributed by atoms with Crippen LogP contribution in [-0.2, 0) is 4.79 Å². The molecule has 3 rings (SSSR count). The molecule has 3 aromatic rings. The molecule has 29 heavy (non-hydrogen) atoms. The van der Waals surface area contributed by atoms with E-state index in [1.54, 1.807) is 0 Å². The lowest BCUT2D eigenvalue weighted by molar-refractivity contribution is -0.118. The normalized spacial score (nSPS) is 10.7. The van der Waals surface area contributed by atoms with Gasteiger partial charge >= 0.3 is 0 Å². The number of carbonyl (C=O) groups is 1. The maximum absolute atomic E-state index is 12.0. The van der Waals surface area contributed by atoms with Gasteiger partial charge in [0.05, 0.1) is 12.4 Å². The fraction of sp³-hybridized carbons (Fsp3) is 0.286. The highest BCUT2D eigenvalue weighted by molar-refractivity contribution is 9.10. The molecule has 0 unspecified atom stereocenters. The molecule has 152 valence electrons. The van der Waals surface area contributed by atoms with Gasteiger partial charge in [0.15, 0.2) is 11.0 Å². The Morgan fingerprint density at radius 3 is 2.48 bits per heavy atom. The second-order valence-corrected chi connectivity index (χ2v) is 8.07. The quantitative estimate of drug-likeness (QED) is 0.454. The largest absolute Gasteiger partial charge is 0.494 e. The van der Waals surface area contributed by atoms with E-state index in [0.29, 0.717) is 18.3 Å². The third kappa shape index (κ3) is 5.61. The predicted octanol–water partition coefficient (Wildman–Crippen LogP) is 4.71. The fourth-order valence-electron chi connectivity index (χ4n) is 2.69. The highest BCUT2D eigenvalue weighted by Gasteiger charge is 2.17. The SMILES string of the molecule is CCCNC(=O)CSc1nnc(-c2ccc(Br)cc2)n1-c1ccc(OCC)cc1. The minimum Gasteiger partial charge on any atom is -0.494 e. The van der Waals surface area contributed by atoms with Gasteiger partial charge in [-0.15, -0.1) is 10.2 Å². The zero-order chi connectivity index (χ0) is 20.6. The van der Waals surface area contributed by atoms with E-state index in [9.17, 15) is 4.79 Å². The summed E-state index contributed by atoms with van der Waals surface area (Å²) in [5.74, 6) is 1.80. The number of amides is 1. The second kappa shape index (κ2) is 10.5. The average Bonchev–Trinajstić information content (AvgIpc) is 3.16. The summed E-state index contributed by atoms with van der Waals surface area (Å²) in [6, 6.07) is 15.7. The number of hydrogen-bond acceptors (Lipinski definition) is 5. The van der Waals surface area contributed by atoms with Gasteiger partial charge in [0, 0.05) is 22.3 Å². The van der Waals surface area contributed by atoms with Crippen LogP contribution in [0.25, 0.3) is 17.1 Å². The molecule has 8 heteroatoms. The van der Waals surface area contributed by atoms with Gasteiger partial charge in [-0.2, -0.15) is 0 Å². The van der Waals surface area contributed by atoms with E-state index in [4.69, 9.17) is 4.74 Å². The Kier molecular flexibility index (Phi) is 7.71. The summed E-state index contributed by atoms with van der Waals surface area (Å²) in [6.45, 7) is 5.28. The zero-order valence-electron chi connectivity index (χ0n) is 16.4. The van der Waals surface area contributed by atoms with Crippen molar-refractivity contribution in [2.75, 3.05) is 18.9 Å². The smallest absolute Gasteiger partial charge is 0.230 e. The summed E-state index contributed by atoms with van der Waals surface area (Å²) in [6.07, 6.45) is 0.909. The molecule has 0 saturated carbocycles. The van der Waals surface area contributed by atoms with Crippen LogP contribution in [0.15, 0.2) is 58.2 Å². The molecule has 2 aromatic carbocycles. The number of nitrogens with one attached hydrogen (secondary N) is 1. The Bertz CT molecular complexity index is 942. The van der Waals surface area contributed by atoms with Gasteiger partial charge in [0.1, 0.15) is 5.75 Å². The first kappa shape index (κ1) is 21.4. The summed E-state index contributed by atoms with van der Waals surface area (Å²) in [7, 11) is 0. The van der Waals surface area contributed by atoms with E-state index in [1.807, 2.05) is 66.9 Å². The Hall–Kier alpha value is -2.32. The van der Waals surface area contributed by atoms with Crippen LogP contribution in [0.2, 0.25) is 0 Å². The van der Waals surface area contributed by atoms with E-state index < -0.39 is 0 Å². The van der Waals surface area contributed by atoms with Crippen LogP contribution in [0.3, 0.4) is 0 Å². The molecule has 0 atom stereocenters. The molecule has 1 heterocycles. The molecule has 0 bridgehead atoms. The van der Waals surface area contributed by atoms with Crippen molar-refractivity contribution >= 4 is 33.6 Å². The molecule has 0 aliphatic rings. The monoisotopic (exact) mass is 474 g/mol. The molecule has 0 spiro atoms. The van der Waals surface area contributed by atoms with Crippen molar-refractivity contribution in [3.05, 3.63) is 53.0 Å². The van der Waals surface area contributed by atoms with Crippen LogP contribution in [0, 0.1) is 0 Å². The lowest BCUT2D eigenvalue weighted by Gasteiger charge is -2.11. The number of carbonyl (C=O) groups excluding carboxylic acids is 1. The van der Waals surface area contributed by atoms with Crippen LogP contribution < -0.4 is 10.1 Å². The van der Waals surface area contributed by atoms with Gasteiger partial charge in [0.25, 0.3) is 0 Å². The molecule has 0 radical (unpaired) electrons. The predicted molar refractivity (Wildman–Crippen MR) is 120 cm³/mol. The Balaban J connectivity index is 1.93. The first-order valence-corrected chi connectivity index (χ1v) is 11.2. The zero-order valence-corrected chi connectivity index (χ0v) is 18.8. The van der Waals surface area contributed by atoms with Gasteiger partial charge in [-0.1, -0.05) is 46.7 Å². The number of hydrogen-bond donors (Lipinski definition) is 1. The van der Waals surface area contributed by atoms with E-state index in [-0.39, 0.29) is 11.7 Å². The van der Waals surface area contributed by atoms with Crippen molar-refractivity contribution in [1.82, 2.24) is 20.1 Å². The van der Waals surface area contributed by atoms with E-state index in [0.717, 1.165) is 33.7 Å². The first-order valence-electron chi connectivity index (χ1n) is 9.46. The third-order valence-electron chi connectivity index (χ3n) is 4.05. The Morgan fingerprint density at radius 1 is 1.10 bits per heavy atom. The molecule has 0 fully saturated rings. The van der Waals surface area contributed by atoms with Crippen LogP contribution in [0.1, 0.15) is 20.3 Å². The van der Waals surface area contributed by atoms with Gasteiger partial charge in [-0.25, -0.2) is 0 Å². The first-order chi connectivity index (χ1) is 14.1. The van der Waals surface area contributed by atoms with E-state index >= 15 is 0 Å². The van der Waals surface area contributed by atoms with Gasteiger partial charge in [-0.05, 0) is 49.7 Å². The van der Waals surface area contributed by atoms with Crippen LogP contribution in [0.4, 0.5) is 0 Å². The number of thioether (sulfide) groups is 1. The molecule has 1 aromatic heterocycles. The maximum atomic E-state index is 12.0. The van der Waals surface area contributed by atoms with Crippen LogP contribution >= 0.6 is 27.7 Å². The molecular formula is C21H23BrN4O2S. The molecule has 6 nitrogen and oxygen atoms in total. The average molecular weight is 475 g/mol. The molecule has 0 saturated heterocycles. The van der Waals surface area contributed by atoms with Gasteiger partial charge < -0.3 is 10.1 Å². The van der Waals surface area contributed by atoms with E-state index in [2.05, 4.69) is 31.4 Å². The van der Waals surface area contributed by atoms with E-state index in [1.165, 1.54) is 11.8 Å². The molecule has 1 amide bonds. The van der Waals surface area contributed by atoms with Crippen LogP contribution in [0.5, 0.6) is 5.75 Å². The highest BCUT2D eigenvalue weighted by atomic mass is 79.9. The number of halogens is 1. The number of benzene rings is 2. The lowest BCUT2D eigenvalue weighted by Crippen LogP contribution is -2.25. The summed E-state index contributed by atoms with van der Waals surface area (Å²) < 4.78 is 8.51. The molecule has 1 N–H and O–H groups in total. The lowest BCUT2D eigenvalue weighted by atomic mass is 10.2. The second-order valence-electron chi connectivity index (χ2n) is 6.21. The van der Waals surface area contributed by atoms with Gasteiger partial charge in [-0.3, -0.25) is 9.36 Å². The van der Waals surface area contributed by atoms with Crippen molar-refractivity contribution in [1.29, 1.82) is 0 Å².